The molecule has 0 spiro atoms. The molecule has 0 fully saturated rings. The third-order valence-electron chi connectivity index (χ3n) is 5.19. The molecule has 6 heteroatoms. The fourth-order valence-electron chi connectivity index (χ4n) is 3.47. The molecule has 0 radical (unpaired) electrons. The monoisotopic (exact) mass is 415 g/mol. The number of pyridine rings is 1. The molecule has 0 atom stereocenters. The first-order valence-corrected chi connectivity index (χ1v) is 10.1. The summed E-state index contributed by atoms with van der Waals surface area (Å²) in [5, 5.41) is 3.12. The Morgan fingerprint density at radius 3 is 2.26 bits per heavy atom. The lowest BCUT2D eigenvalue weighted by molar-refractivity contribution is -0.137. The molecule has 156 valence electrons. The summed E-state index contributed by atoms with van der Waals surface area (Å²) in [5.74, 6) is -0.914. The third-order valence-corrected chi connectivity index (χ3v) is 5.19. The molecule has 0 saturated heterocycles. The SMILES string of the molecule is CC(C)c1ccc(NC2=C(c3ccc(F)cc3)C(=O)N(Cc3ccccn3)C2=O)cc1. The average molecular weight is 415 g/mol. The number of nitrogens with one attached hydrogen (secondary N) is 1. The van der Waals surface area contributed by atoms with Crippen LogP contribution in [-0.4, -0.2) is 21.7 Å². The van der Waals surface area contributed by atoms with Gasteiger partial charge in [-0.1, -0.05) is 44.2 Å². The molecule has 2 aromatic carbocycles. The molecule has 0 saturated carbocycles. The molecule has 5 nitrogen and oxygen atoms in total. The molecule has 1 N–H and O–H groups in total. The van der Waals surface area contributed by atoms with Gasteiger partial charge in [0.2, 0.25) is 0 Å². The van der Waals surface area contributed by atoms with E-state index in [2.05, 4.69) is 24.1 Å². The number of imide groups is 1. The molecule has 1 aliphatic rings. The third kappa shape index (κ3) is 4.23. The van der Waals surface area contributed by atoms with E-state index < -0.39 is 17.6 Å². The van der Waals surface area contributed by atoms with Crippen LogP contribution in [0.1, 0.15) is 36.6 Å². The zero-order valence-corrected chi connectivity index (χ0v) is 17.3. The second-order valence-corrected chi connectivity index (χ2v) is 7.68. The first kappa shape index (κ1) is 20.5. The minimum absolute atomic E-state index is 0.0562. The molecule has 1 aliphatic heterocycles. The van der Waals surface area contributed by atoms with Gasteiger partial charge in [0, 0.05) is 11.9 Å². The molecule has 2 heterocycles. The largest absolute Gasteiger partial charge is 0.350 e. The first-order chi connectivity index (χ1) is 14.9. The summed E-state index contributed by atoms with van der Waals surface area (Å²) >= 11 is 0. The Bertz CT molecular complexity index is 1140. The van der Waals surface area contributed by atoms with Crippen molar-refractivity contribution in [2.45, 2.75) is 26.3 Å². The molecular weight excluding hydrogens is 393 g/mol. The van der Waals surface area contributed by atoms with Crippen molar-refractivity contribution in [2.24, 2.45) is 0 Å². The standard InChI is InChI=1S/C25H22FN3O2/c1-16(2)17-8-12-20(13-9-17)28-23-22(18-6-10-19(26)11-7-18)24(30)29(25(23)31)15-21-5-3-4-14-27-21/h3-14,16,28H,15H2,1-2H3. The van der Waals surface area contributed by atoms with Gasteiger partial charge in [-0.15, -0.1) is 0 Å². The summed E-state index contributed by atoms with van der Waals surface area (Å²) < 4.78 is 13.5. The topological polar surface area (TPSA) is 62.3 Å². The Kier molecular flexibility index (Phi) is 5.62. The van der Waals surface area contributed by atoms with Crippen LogP contribution in [0.2, 0.25) is 0 Å². The van der Waals surface area contributed by atoms with Crippen molar-refractivity contribution in [3.8, 4) is 0 Å². The Morgan fingerprint density at radius 2 is 1.65 bits per heavy atom. The van der Waals surface area contributed by atoms with Gasteiger partial charge in [0.15, 0.2) is 0 Å². The van der Waals surface area contributed by atoms with Gasteiger partial charge in [-0.3, -0.25) is 19.5 Å². The van der Waals surface area contributed by atoms with Gasteiger partial charge in [-0.05, 0) is 53.4 Å². The van der Waals surface area contributed by atoms with E-state index in [1.165, 1.54) is 29.8 Å². The van der Waals surface area contributed by atoms with E-state index in [1.807, 2.05) is 24.3 Å². The maximum atomic E-state index is 13.5. The molecule has 3 aromatic rings. The van der Waals surface area contributed by atoms with Crippen molar-refractivity contribution in [2.75, 3.05) is 5.32 Å². The zero-order chi connectivity index (χ0) is 22.0. The lowest BCUT2D eigenvalue weighted by atomic mass is 10.0. The van der Waals surface area contributed by atoms with Crippen LogP contribution >= 0.6 is 0 Å². The van der Waals surface area contributed by atoms with Crippen LogP contribution in [0.15, 0.2) is 78.6 Å². The number of anilines is 1. The second kappa shape index (κ2) is 8.52. The number of halogens is 1. The van der Waals surface area contributed by atoms with E-state index >= 15 is 0 Å². The molecule has 0 bridgehead atoms. The minimum Gasteiger partial charge on any atom is -0.350 e. The second-order valence-electron chi connectivity index (χ2n) is 7.68. The smallest absolute Gasteiger partial charge is 0.278 e. The highest BCUT2D eigenvalue weighted by atomic mass is 19.1. The molecule has 4 rings (SSSR count). The van der Waals surface area contributed by atoms with Crippen molar-refractivity contribution >= 4 is 23.1 Å². The number of carbonyl (C=O) groups excluding carboxylic acids is 2. The number of benzene rings is 2. The molecule has 0 unspecified atom stereocenters. The lowest BCUT2D eigenvalue weighted by Gasteiger charge is -2.15. The average Bonchev–Trinajstić information content (AvgIpc) is 3.00. The van der Waals surface area contributed by atoms with Gasteiger partial charge >= 0.3 is 0 Å². The Hall–Kier alpha value is -3.80. The fourth-order valence-corrected chi connectivity index (χ4v) is 3.47. The van der Waals surface area contributed by atoms with Crippen LogP contribution in [0, 0.1) is 5.82 Å². The Labute approximate surface area is 180 Å². The van der Waals surface area contributed by atoms with E-state index in [1.54, 1.807) is 24.4 Å². The maximum absolute atomic E-state index is 13.5. The van der Waals surface area contributed by atoms with Gasteiger partial charge < -0.3 is 5.32 Å². The van der Waals surface area contributed by atoms with Gasteiger partial charge in [0.05, 0.1) is 17.8 Å². The Balaban J connectivity index is 1.71. The predicted octanol–water partition coefficient (Wildman–Crippen LogP) is 4.74. The summed E-state index contributed by atoms with van der Waals surface area (Å²) in [6.07, 6.45) is 1.62. The molecule has 0 aliphatic carbocycles. The molecule has 31 heavy (non-hydrogen) atoms. The van der Waals surface area contributed by atoms with Gasteiger partial charge in [-0.25, -0.2) is 4.39 Å². The van der Waals surface area contributed by atoms with Crippen LogP contribution in [0.3, 0.4) is 0 Å². The Morgan fingerprint density at radius 1 is 0.935 bits per heavy atom. The molecule has 2 amide bonds. The summed E-state index contributed by atoms with van der Waals surface area (Å²) in [7, 11) is 0. The van der Waals surface area contributed by atoms with Crippen LogP contribution in [0.4, 0.5) is 10.1 Å². The summed E-state index contributed by atoms with van der Waals surface area (Å²) in [6.45, 7) is 4.26. The van der Waals surface area contributed by atoms with Crippen LogP contribution in [0.25, 0.3) is 5.57 Å². The van der Waals surface area contributed by atoms with Gasteiger partial charge in [-0.2, -0.15) is 0 Å². The van der Waals surface area contributed by atoms with Gasteiger partial charge in [0.25, 0.3) is 11.8 Å². The maximum Gasteiger partial charge on any atom is 0.278 e. The fraction of sp³-hybridized carbons (Fsp3) is 0.160. The van der Waals surface area contributed by atoms with Crippen molar-refractivity contribution in [3.63, 3.8) is 0 Å². The predicted molar refractivity (Wildman–Crippen MR) is 117 cm³/mol. The van der Waals surface area contributed by atoms with Crippen molar-refractivity contribution in [3.05, 3.63) is 101 Å². The number of amides is 2. The number of hydrogen-bond donors (Lipinski definition) is 1. The van der Waals surface area contributed by atoms with Crippen LogP contribution in [-0.2, 0) is 16.1 Å². The number of rotatable bonds is 6. The molecule has 1 aromatic heterocycles. The zero-order valence-electron chi connectivity index (χ0n) is 17.3. The highest BCUT2D eigenvalue weighted by Gasteiger charge is 2.39. The number of carbonyl (C=O) groups is 2. The minimum atomic E-state index is -0.442. The molecular formula is C25H22FN3O2. The highest BCUT2D eigenvalue weighted by Crippen LogP contribution is 2.31. The summed E-state index contributed by atoms with van der Waals surface area (Å²) in [6, 6.07) is 18.6. The summed E-state index contributed by atoms with van der Waals surface area (Å²) in [4.78, 5) is 31.8. The van der Waals surface area contributed by atoms with Crippen molar-refractivity contribution in [1.82, 2.24) is 9.88 Å². The highest BCUT2D eigenvalue weighted by molar-refractivity contribution is 6.36. The first-order valence-electron chi connectivity index (χ1n) is 10.1. The quantitative estimate of drug-likeness (QED) is 0.591. The van der Waals surface area contributed by atoms with Crippen molar-refractivity contribution in [1.29, 1.82) is 0 Å². The lowest BCUT2D eigenvalue weighted by Crippen LogP contribution is -2.32. The van der Waals surface area contributed by atoms with Crippen molar-refractivity contribution < 1.29 is 14.0 Å². The van der Waals surface area contributed by atoms with Gasteiger partial charge in [0.1, 0.15) is 11.5 Å². The van der Waals surface area contributed by atoms with E-state index in [9.17, 15) is 14.0 Å². The normalized spacial score (nSPS) is 14.0. The number of nitrogens with zero attached hydrogens (tertiary/aromatic N) is 2. The van der Waals surface area contributed by atoms with Crippen LogP contribution in [0.5, 0.6) is 0 Å². The van der Waals surface area contributed by atoms with E-state index in [4.69, 9.17) is 0 Å². The summed E-state index contributed by atoms with van der Waals surface area (Å²) in [5.41, 5.74) is 3.33. The number of aromatic nitrogens is 1. The number of hydrogen-bond acceptors (Lipinski definition) is 4. The van der Waals surface area contributed by atoms with Crippen LogP contribution < -0.4 is 5.32 Å². The van der Waals surface area contributed by atoms with E-state index in [0.717, 1.165) is 4.90 Å². The van der Waals surface area contributed by atoms with E-state index in [0.29, 0.717) is 22.9 Å². The van der Waals surface area contributed by atoms with E-state index in [-0.39, 0.29) is 17.8 Å².